The first kappa shape index (κ1) is 10.9. The second-order valence-electron chi connectivity index (χ2n) is 3.60. The lowest BCUT2D eigenvalue weighted by Gasteiger charge is -2.36. The summed E-state index contributed by atoms with van der Waals surface area (Å²) in [5.41, 5.74) is -1.33. The molecule has 0 aliphatic heterocycles. The third kappa shape index (κ3) is 1.35. The van der Waals surface area contributed by atoms with Crippen LogP contribution in [-0.2, 0) is 14.3 Å². The van der Waals surface area contributed by atoms with Crippen molar-refractivity contribution in [1.29, 1.82) is 0 Å². The van der Waals surface area contributed by atoms with Crippen molar-refractivity contribution in [3.8, 4) is 0 Å². The lowest BCUT2D eigenvalue weighted by molar-refractivity contribution is -0.146. The van der Waals surface area contributed by atoms with E-state index in [0.717, 1.165) is 6.08 Å². The van der Waals surface area contributed by atoms with Crippen molar-refractivity contribution in [1.82, 2.24) is 0 Å². The van der Waals surface area contributed by atoms with Gasteiger partial charge in [0.25, 0.3) is 0 Å². The Morgan fingerprint density at radius 2 is 2.29 bits per heavy atom. The Morgan fingerprint density at radius 1 is 1.71 bits per heavy atom. The minimum Gasteiger partial charge on any atom is -0.509 e. The average molecular weight is 198 g/mol. The molecule has 4 nitrogen and oxygen atoms in total. The van der Waals surface area contributed by atoms with E-state index < -0.39 is 5.60 Å². The van der Waals surface area contributed by atoms with Crippen LogP contribution in [0.1, 0.15) is 20.3 Å². The first-order valence-electron chi connectivity index (χ1n) is 4.45. The number of rotatable bonds is 2. The number of aliphatic hydroxyl groups excluding tert-OH is 1. The molecule has 0 amide bonds. The van der Waals surface area contributed by atoms with Gasteiger partial charge in [0, 0.05) is 25.5 Å². The summed E-state index contributed by atoms with van der Waals surface area (Å²) in [6, 6.07) is 0. The molecule has 1 N–H and O–H groups in total. The largest absolute Gasteiger partial charge is 0.509 e. The molecule has 0 radical (unpaired) electrons. The van der Waals surface area contributed by atoms with E-state index in [1.807, 2.05) is 0 Å². The normalized spacial score (nSPS) is 32.6. The van der Waals surface area contributed by atoms with Crippen molar-refractivity contribution in [2.75, 3.05) is 7.11 Å². The number of carbonyl (C=O) groups excluding carboxylic acids is 2. The maximum absolute atomic E-state index is 11.4. The monoisotopic (exact) mass is 198 g/mol. The van der Waals surface area contributed by atoms with Crippen molar-refractivity contribution in [2.24, 2.45) is 5.92 Å². The highest BCUT2D eigenvalue weighted by Crippen LogP contribution is 2.35. The van der Waals surface area contributed by atoms with E-state index in [-0.39, 0.29) is 29.7 Å². The van der Waals surface area contributed by atoms with Crippen LogP contribution in [0.3, 0.4) is 0 Å². The summed E-state index contributed by atoms with van der Waals surface area (Å²) in [4.78, 5) is 22.5. The van der Waals surface area contributed by atoms with Gasteiger partial charge in [-0.15, -0.1) is 0 Å². The average Bonchev–Trinajstić information content (AvgIpc) is 2.03. The lowest BCUT2D eigenvalue weighted by atomic mass is 9.76. The van der Waals surface area contributed by atoms with E-state index in [1.165, 1.54) is 14.0 Å². The van der Waals surface area contributed by atoms with Crippen LogP contribution in [0.4, 0.5) is 0 Å². The maximum atomic E-state index is 11.4. The predicted octanol–water partition coefficient (Wildman–Crippen LogP) is 1.01. The fourth-order valence-electron chi connectivity index (χ4n) is 1.99. The van der Waals surface area contributed by atoms with Crippen molar-refractivity contribution in [3.05, 3.63) is 11.8 Å². The van der Waals surface area contributed by atoms with Gasteiger partial charge in [-0.3, -0.25) is 9.59 Å². The van der Waals surface area contributed by atoms with Crippen molar-refractivity contribution in [2.45, 2.75) is 25.9 Å². The van der Waals surface area contributed by atoms with Gasteiger partial charge in [-0.05, 0) is 6.92 Å². The molecule has 1 rings (SSSR count). The molecule has 2 unspecified atom stereocenters. The second kappa shape index (κ2) is 3.53. The summed E-state index contributed by atoms with van der Waals surface area (Å²) < 4.78 is 5.09. The van der Waals surface area contributed by atoms with Crippen LogP contribution in [0, 0.1) is 5.92 Å². The minimum absolute atomic E-state index is 0.177. The van der Waals surface area contributed by atoms with E-state index in [9.17, 15) is 14.7 Å². The quantitative estimate of drug-likeness (QED) is 0.719. The van der Waals surface area contributed by atoms with E-state index in [0.29, 0.717) is 0 Å². The Hall–Kier alpha value is -1.16. The zero-order valence-corrected chi connectivity index (χ0v) is 8.53. The van der Waals surface area contributed by atoms with Crippen LogP contribution in [0.15, 0.2) is 11.8 Å². The third-order valence-corrected chi connectivity index (χ3v) is 2.72. The molecule has 0 aromatic carbocycles. The predicted molar refractivity (Wildman–Crippen MR) is 49.9 cm³/mol. The topological polar surface area (TPSA) is 63.6 Å². The molecule has 1 aliphatic rings. The molecule has 0 bridgehead atoms. The molecular weight excluding hydrogens is 184 g/mol. The van der Waals surface area contributed by atoms with Gasteiger partial charge in [-0.2, -0.15) is 0 Å². The van der Waals surface area contributed by atoms with Crippen LogP contribution in [0.2, 0.25) is 0 Å². The van der Waals surface area contributed by atoms with Crippen LogP contribution >= 0.6 is 0 Å². The van der Waals surface area contributed by atoms with Crippen LogP contribution in [-0.4, -0.2) is 29.4 Å². The Kier molecular flexibility index (Phi) is 2.76. The molecular formula is C10H14O4. The molecule has 0 saturated heterocycles. The minimum atomic E-state index is -1.33. The van der Waals surface area contributed by atoms with Gasteiger partial charge in [0.15, 0.2) is 17.2 Å². The molecule has 78 valence electrons. The fourth-order valence-corrected chi connectivity index (χ4v) is 1.99. The Morgan fingerprint density at radius 3 is 2.64 bits per heavy atom. The van der Waals surface area contributed by atoms with Gasteiger partial charge < -0.3 is 9.84 Å². The molecule has 4 heteroatoms. The second-order valence-corrected chi connectivity index (χ2v) is 3.60. The molecule has 0 spiro atoms. The van der Waals surface area contributed by atoms with Crippen molar-refractivity contribution in [3.63, 3.8) is 0 Å². The van der Waals surface area contributed by atoms with E-state index in [4.69, 9.17) is 4.74 Å². The van der Waals surface area contributed by atoms with E-state index in [2.05, 4.69) is 0 Å². The van der Waals surface area contributed by atoms with Crippen molar-refractivity contribution < 1.29 is 19.4 Å². The maximum Gasteiger partial charge on any atom is 0.185 e. The first-order chi connectivity index (χ1) is 6.45. The molecule has 14 heavy (non-hydrogen) atoms. The summed E-state index contributed by atoms with van der Waals surface area (Å²) in [5, 5.41) is 9.63. The van der Waals surface area contributed by atoms with Gasteiger partial charge in [-0.1, -0.05) is 6.92 Å². The van der Waals surface area contributed by atoms with Gasteiger partial charge >= 0.3 is 0 Å². The standard InChI is InChI=1S/C10H14O4/c1-6-4-8(12)5-9(13)10(6,14-3)7(2)11/h5-6,13H,4H2,1-3H3. The number of Topliss-reactive ketones (excluding diaryl/α,β-unsaturated/α-hetero) is 1. The highest BCUT2D eigenvalue weighted by molar-refractivity contribution is 5.97. The Labute approximate surface area is 82.6 Å². The van der Waals surface area contributed by atoms with Gasteiger partial charge in [0.05, 0.1) is 0 Å². The molecule has 0 aromatic rings. The SMILES string of the molecule is COC1(C(C)=O)C(O)=CC(=O)CC1C. The lowest BCUT2D eigenvalue weighted by Crippen LogP contribution is -2.50. The van der Waals surface area contributed by atoms with Crippen LogP contribution in [0.5, 0.6) is 0 Å². The number of methoxy groups -OCH3 is 1. The number of allylic oxidation sites excluding steroid dienone is 1. The summed E-state index contributed by atoms with van der Waals surface area (Å²) >= 11 is 0. The number of ether oxygens (including phenoxy) is 1. The highest BCUT2D eigenvalue weighted by Gasteiger charge is 2.48. The molecule has 0 fully saturated rings. The smallest absolute Gasteiger partial charge is 0.185 e. The third-order valence-electron chi connectivity index (χ3n) is 2.72. The summed E-state index contributed by atoms with van der Waals surface area (Å²) in [6.45, 7) is 3.06. The van der Waals surface area contributed by atoms with Gasteiger partial charge in [-0.25, -0.2) is 0 Å². The number of aliphatic hydroxyl groups is 1. The number of ketones is 2. The first-order valence-corrected chi connectivity index (χ1v) is 4.45. The summed E-state index contributed by atoms with van der Waals surface area (Å²) in [6.07, 6.45) is 1.29. The van der Waals surface area contributed by atoms with Crippen LogP contribution < -0.4 is 0 Å². The number of hydrogen-bond donors (Lipinski definition) is 1. The van der Waals surface area contributed by atoms with Gasteiger partial charge in [0.1, 0.15) is 5.76 Å². The molecule has 0 aromatic heterocycles. The van der Waals surface area contributed by atoms with Crippen LogP contribution in [0.25, 0.3) is 0 Å². The van der Waals surface area contributed by atoms with Gasteiger partial charge in [0.2, 0.25) is 0 Å². The van der Waals surface area contributed by atoms with E-state index in [1.54, 1.807) is 6.92 Å². The Balaban J connectivity index is 3.23. The zero-order valence-electron chi connectivity index (χ0n) is 8.53. The van der Waals surface area contributed by atoms with Crippen molar-refractivity contribution >= 4 is 11.6 Å². The summed E-state index contributed by atoms with van der Waals surface area (Å²) in [7, 11) is 1.36. The Bertz CT molecular complexity index is 305. The highest BCUT2D eigenvalue weighted by atomic mass is 16.5. The number of hydrogen-bond acceptors (Lipinski definition) is 4. The summed E-state index contributed by atoms with van der Waals surface area (Å²) in [5.74, 6) is -1.07. The molecule has 2 atom stereocenters. The fraction of sp³-hybridized carbons (Fsp3) is 0.600. The molecule has 1 aliphatic carbocycles. The molecule has 0 heterocycles. The zero-order chi connectivity index (χ0) is 10.9. The van der Waals surface area contributed by atoms with E-state index >= 15 is 0 Å². The number of carbonyl (C=O) groups is 2. The molecule has 0 saturated carbocycles.